The van der Waals surface area contributed by atoms with E-state index in [0.29, 0.717) is 24.8 Å². The van der Waals surface area contributed by atoms with E-state index in [1.807, 2.05) is 48.5 Å². The summed E-state index contributed by atoms with van der Waals surface area (Å²) in [4.78, 5) is 18.1. The number of ether oxygens (including phenoxy) is 1. The lowest BCUT2D eigenvalue weighted by Gasteiger charge is -2.36. The molecule has 3 aromatic carbocycles. The van der Waals surface area contributed by atoms with E-state index in [-0.39, 0.29) is 5.43 Å². The van der Waals surface area contributed by atoms with Crippen LogP contribution in [0.2, 0.25) is 0 Å². The Kier molecular flexibility index (Phi) is 7.23. The maximum absolute atomic E-state index is 13.4. The molecule has 0 amide bonds. The molecule has 0 radical (unpaired) electrons. The average Bonchev–Trinajstić information content (AvgIpc) is 2.98. The lowest BCUT2D eigenvalue weighted by molar-refractivity contribution is 0.248. The van der Waals surface area contributed by atoms with E-state index in [0.717, 1.165) is 42.9 Å². The molecular weight excluding hydrogens is 396 g/mol. The van der Waals surface area contributed by atoms with E-state index in [1.54, 1.807) is 0 Å². The van der Waals surface area contributed by atoms with Crippen molar-refractivity contribution in [3.8, 4) is 5.75 Å². The number of benzene rings is 2. The van der Waals surface area contributed by atoms with Crippen LogP contribution in [0.3, 0.4) is 0 Å². The maximum Gasteiger partial charge on any atom is 0.224 e. The fourth-order valence-corrected chi connectivity index (χ4v) is 4.07. The number of hydrogen-bond acceptors (Lipinski definition) is 4. The summed E-state index contributed by atoms with van der Waals surface area (Å²) in [5, 5.41) is 0. The standard InChI is InChI=1S/C28H32N2O2/c1-22(2)24-13-14-25(28(31)27(19-24)32-21-23-9-5-3-6-10-23)20-29-15-17-30(18-16-29)26-11-7-4-8-12-26/h3-14,19,22H,15-18,20-21H2,1-2H3. The van der Waals surface area contributed by atoms with Crippen molar-refractivity contribution in [3.05, 3.63) is 106 Å². The van der Waals surface area contributed by atoms with Crippen LogP contribution in [0, 0.1) is 0 Å². The lowest BCUT2D eigenvalue weighted by Crippen LogP contribution is -2.46. The Morgan fingerprint density at radius 1 is 0.844 bits per heavy atom. The van der Waals surface area contributed by atoms with Crippen LogP contribution in [0.5, 0.6) is 5.75 Å². The minimum absolute atomic E-state index is 0.00156. The van der Waals surface area contributed by atoms with Gasteiger partial charge in [-0.3, -0.25) is 9.69 Å². The summed E-state index contributed by atoms with van der Waals surface area (Å²) in [5.74, 6) is 0.767. The Morgan fingerprint density at radius 2 is 1.50 bits per heavy atom. The van der Waals surface area contributed by atoms with Gasteiger partial charge < -0.3 is 9.64 Å². The molecule has 4 heteroatoms. The summed E-state index contributed by atoms with van der Waals surface area (Å²) in [5.41, 5.74) is 4.24. The van der Waals surface area contributed by atoms with Crippen molar-refractivity contribution in [2.75, 3.05) is 31.1 Å². The van der Waals surface area contributed by atoms with Gasteiger partial charge in [0.1, 0.15) is 6.61 Å². The van der Waals surface area contributed by atoms with E-state index in [1.165, 1.54) is 5.69 Å². The van der Waals surface area contributed by atoms with Crippen molar-refractivity contribution < 1.29 is 4.74 Å². The van der Waals surface area contributed by atoms with Crippen LogP contribution in [0.4, 0.5) is 5.69 Å². The molecule has 0 saturated carbocycles. The largest absolute Gasteiger partial charge is 0.485 e. The zero-order valence-electron chi connectivity index (χ0n) is 19.0. The third-order valence-corrected chi connectivity index (χ3v) is 6.08. The molecule has 1 aliphatic heterocycles. The molecule has 0 bridgehead atoms. The fraction of sp³-hybridized carbons (Fsp3) is 0.321. The first-order valence-electron chi connectivity index (χ1n) is 11.5. The van der Waals surface area contributed by atoms with E-state index < -0.39 is 0 Å². The van der Waals surface area contributed by atoms with Crippen LogP contribution in [0.1, 0.15) is 36.5 Å². The number of anilines is 1. The number of rotatable bonds is 7. The first-order chi connectivity index (χ1) is 15.6. The van der Waals surface area contributed by atoms with Crippen LogP contribution >= 0.6 is 0 Å². The van der Waals surface area contributed by atoms with Gasteiger partial charge in [-0.15, -0.1) is 0 Å². The molecular formula is C28H32N2O2. The van der Waals surface area contributed by atoms with Gasteiger partial charge in [0.15, 0.2) is 5.75 Å². The normalized spacial score (nSPS) is 14.5. The summed E-state index contributed by atoms with van der Waals surface area (Å²) in [6.07, 6.45) is 0. The van der Waals surface area contributed by atoms with Crippen molar-refractivity contribution >= 4 is 5.69 Å². The Bertz CT molecular complexity index is 1060. The predicted molar refractivity (Wildman–Crippen MR) is 132 cm³/mol. The van der Waals surface area contributed by atoms with E-state index in [4.69, 9.17) is 4.74 Å². The molecule has 1 saturated heterocycles. The minimum Gasteiger partial charge on any atom is -0.485 e. The molecule has 1 aliphatic rings. The van der Waals surface area contributed by atoms with E-state index >= 15 is 0 Å². The smallest absolute Gasteiger partial charge is 0.224 e. The molecule has 0 aliphatic carbocycles. The van der Waals surface area contributed by atoms with Gasteiger partial charge in [-0.2, -0.15) is 0 Å². The lowest BCUT2D eigenvalue weighted by atomic mass is 10.1. The molecule has 1 fully saturated rings. The van der Waals surface area contributed by atoms with E-state index in [2.05, 4.69) is 54.0 Å². The molecule has 0 unspecified atom stereocenters. The second-order valence-corrected chi connectivity index (χ2v) is 8.72. The van der Waals surface area contributed by atoms with Gasteiger partial charge in [0.2, 0.25) is 5.43 Å². The number of nitrogens with zero attached hydrogens (tertiary/aromatic N) is 2. The number of para-hydroxylation sites is 1. The zero-order valence-corrected chi connectivity index (χ0v) is 19.0. The molecule has 1 heterocycles. The molecule has 0 atom stereocenters. The summed E-state index contributed by atoms with van der Waals surface area (Å²) in [6, 6.07) is 26.5. The van der Waals surface area contributed by atoms with Gasteiger partial charge in [-0.25, -0.2) is 0 Å². The molecule has 4 rings (SSSR count). The molecule has 3 aromatic rings. The fourth-order valence-electron chi connectivity index (χ4n) is 4.07. The van der Waals surface area contributed by atoms with Crippen molar-refractivity contribution in [2.45, 2.75) is 32.9 Å². The van der Waals surface area contributed by atoms with Crippen molar-refractivity contribution in [1.82, 2.24) is 4.90 Å². The van der Waals surface area contributed by atoms with Gasteiger partial charge in [0.05, 0.1) is 0 Å². The number of hydrogen-bond donors (Lipinski definition) is 0. The summed E-state index contributed by atoms with van der Waals surface area (Å²) in [6.45, 7) is 9.13. The van der Waals surface area contributed by atoms with Gasteiger partial charge >= 0.3 is 0 Å². The molecule has 0 N–H and O–H groups in total. The van der Waals surface area contributed by atoms with Crippen LogP contribution in [0.25, 0.3) is 0 Å². The molecule has 4 nitrogen and oxygen atoms in total. The Labute approximate surface area is 191 Å². The zero-order chi connectivity index (χ0) is 22.3. The molecule has 166 valence electrons. The predicted octanol–water partition coefficient (Wildman–Crippen LogP) is 5.07. The van der Waals surface area contributed by atoms with Crippen LogP contribution in [-0.2, 0) is 13.2 Å². The van der Waals surface area contributed by atoms with Crippen molar-refractivity contribution in [3.63, 3.8) is 0 Å². The van der Waals surface area contributed by atoms with Crippen LogP contribution < -0.4 is 15.1 Å². The third-order valence-electron chi connectivity index (χ3n) is 6.08. The highest BCUT2D eigenvalue weighted by molar-refractivity contribution is 5.46. The first kappa shape index (κ1) is 22.1. The van der Waals surface area contributed by atoms with Gasteiger partial charge in [-0.05, 0) is 35.2 Å². The summed E-state index contributed by atoms with van der Waals surface area (Å²) < 4.78 is 6.04. The SMILES string of the molecule is CC(C)c1ccc(CN2CCN(c3ccccc3)CC2)c(=O)c(OCc2ccccc2)c1. The summed E-state index contributed by atoms with van der Waals surface area (Å²) in [7, 11) is 0. The Hall–Kier alpha value is -3.11. The quantitative estimate of drug-likeness (QED) is 0.526. The van der Waals surface area contributed by atoms with Crippen molar-refractivity contribution in [2.24, 2.45) is 0 Å². The van der Waals surface area contributed by atoms with Crippen LogP contribution in [-0.4, -0.2) is 31.1 Å². The monoisotopic (exact) mass is 428 g/mol. The van der Waals surface area contributed by atoms with Gasteiger partial charge in [-0.1, -0.05) is 74.5 Å². The van der Waals surface area contributed by atoms with Crippen LogP contribution in [0.15, 0.2) is 83.7 Å². The Morgan fingerprint density at radius 3 is 2.16 bits per heavy atom. The second-order valence-electron chi connectivity index (χ2n) is 8.72. The highest BCUT2D eigenvalue weighted by Gasteiger charge is 2.19. The van der Waals surface area contributed by atoms with E-state index in [9.17, 15) is 4.79 Å². The van der Waals surface area contributed by atoms with Gasteiger partial charge in [0, 0.05) is 44.0 Å². The first-order valence-corrected chi connectivity index (χ1v) is 11.5. The maximum atomic E-state index is 13.4. The highest BCUT2D eigenvalue weighted by Crippen LogP contribution is 2.20. The van der Waals surface area contributed by atoms with Gasteiger partial charge in [0.25, 0.3) is 0 Å². The third kappa shape index (κ3) is 5.57. The van der Waals surface area contributed by atoms with Crippen molar-refractivity contribution in [1.29, 1.82) is 0 Å². The summed E-state index contributed by atoms with van der Waals surface area (Å²) >= 11 is 0. The topological polar surface area (TPSA) is 32.8 Å². The molecule has 32 heavy (non-hydrogen) atoms. The number of piperazine rings is 1. The molecule has 0 spiro atoms. The Balaban J connectivity index is 1.49. The molecule has 0 aromatic heterocycles. The highest BCUT2D eigenvalue weighted by atomic mass is 16.5. The minimum atomic E-state index is -0.00156. The average molecular weight is 429 g/mol. The second kappa shape index (κ2) is 10.5.